The Morgan fingerprint density at radius 2 is 1.18 bits per heavy atom. The zero-order valence-electron chi connectivity index (χ0n) is 16.3. The van der Waals surface area contributed by atoms with E-state index in [1.165, 1.54) is 29.5 Å². The first-order valence-corrected chi connectivity index (χ1v) is 10.5. The number of hydrogen-bond donors (Lipinski definition) is 1. The average molecular weight is 369 g/mol. The zero-order chi connectivity index (χ0) is 18.8. The molecule has 2 nitrogen and oxygen atoms in total. The first-order chi connectivity index (χ1) is 13.9. The molecule has 3 aromatic carbocycles. The molecule has 1 N–H and O–H groups in total. The van der Waals surface area contributed by atoms with E-state index >= 15 is 0 Å². The van der Waals surface area contributed by atoms with E-state index in [0.717, 1.165) is 25.6 Å². The maximum absolute atomic E-state index is 3.68. The van der Waals surface area contributed by atoms with Crippen molar-refractivity contribution in [3.8, 4) is 0 Å². The Bertz CT molecular complexity index is 795. The molecule has 0 aromatic heterocycles. The molecule has 2 atom stereocenters. The van der Waals surface area contributed by atoms with E-state index in [9.17, 15) is 0 Å². The number of benzene rings is 3. The fourth-order valence-electron chi connectivity index (χ4n) is 5.52. The molecule has 0 bridgehead atoms. The normalized spacial score (nSPS) is 22.7. The number of hydrogen-bond acceptors (Lipinski definition) is 2. The molecule has 5 rings (SSSR count). The molecule has 0 radical (unpaired) electrons. The summed E-state index contributed by atoms with van der Waals surface area (Å²) in [5.41, 5.74) is 3.82. The van der Waals surface area contributed by atoms with Crippen LogP contribution in [0.5, 0.6) is 0 Å². The molecule has 2 heteroatoms. The van der Waals surface area contributed by atoms with Crippen molar-refractivity contribution >= 4 is 0 Å². The summed E-state index contributed by atoms with van der Waals surface area (Å²) < 4.78 is 0. The number of rotatable bonds is 4. The van der Waals surface area contributed by atoms with E-state index in [1.807, 2.05) is 0 Å². The summed E-state index contributed by atoms with van der Waals surface area (Å²) in [7, 11) is 0. The lowest BCUT2D eigenvalue weighted by atomic mass is 9.73. The third kappa shape index (κ3) is 2.80. The van der Waals surface area contributed by atoms with Gasteiger partial charge in [0.05, 0.1) is 5.54 Å². The number of nitrogens with zero attached hydrogens (tertiary/aromatic N) is 1. The molecule has 2 saturated heterocycles. The quantitative estimate of drug-likeness (QED) is 0.674. The molecular weight excluding hydrogens is 340 g/mol. The summed E-state index contributed by atoms with van der Waals surface area (Å²) in [6, 6.07) is 33.9. The molecule has 0 amide bonds. The third-order valence-corrected chi connectivity index (χ3v) is 6.68. The predicted octanol–water partition coefficient (Wildman–Crippen LogP) is 4.66. The van der Waals surface area contributed by atoms with Crippen LogP contribution in [0.3, 0.4) is 0 Å². The van der Waals surface area contributed by atoms with Crippen LogP contribution in [0.15, 0.2) is 91.0 Å². The van der Waals surface area contributed by atoms with Gasteiger partial charge in [-0.15, -0.1) is 0 Å². The number of piperidine rings is 1. The highest BCUT2D eigenvalue weighted by atomic mass is 15.3. The fraction of sp³-hybridized carbons (Fsp3) is 0.308. The van der Waals surface area contributed by atoms with Gasteiger partial charge in [0.2, 0.25) is 0 Å². The van der Waals surface area contributed by atoms with E-state index < -0.39 is 0 Å². The number of fused-ring (bicyclic) bond motifs is 1. The van der Waals surface area contributed by atoms with Crippen LogP contribution < -0.4 is 5.32 Å². The standard InChI is InChI=1S/C26H28N2/c1-4-12-22(13-5-1)26(23-14-6-2-7-15-23,24-16-8-3-9-17-24)28-18-10-11-21-19-27-20-25(21)28/h1-9,12-17,21,25,27H,10-11,18-20H2/t21-,25+/m0/s1. The molecule has 0 spiro atoms. The molecule has 2 heterocycles. The van der Waals surface area contributed by atoms with Gasteiger partial charge in [0.25, 0.3) is 0 Å². The van der Waals surface area contributed by atoms with E-state index in [0.29, 0.717) is 6.04 Å². The van der Waals surface area contributed by atoms with Crippen LogP contribution in [0.25, 0.3) is 0 Å². The third-order valence-electron chi connectivity index (χ3n) is 6.68. The summed E-state index contributed by atoms with van der Waals surface area (Å²) in [6.07, 6.45) is 2.60. The Labute approximate surface area is 168 Å². The topological polar surface area (TPSA) is 15.3 Å². The van der Waals surface area contributed by atoms with Crippen LogP contribution in [0.2, 0.25) is 0 Å². The maximum Gasteiger partial charge on any atom is 0.0975 e. The summed E-state index contributed by atoms with van der Waals surface area (Å²) >= 11 is 0. The minimum Gasteiger partial charge on any atom is -0.315 e. The lowest BCUT2D eigenvalue weighted by molar-refractivity contribution is 0.0498. The van der Waals surface area contributed by atoms with Gasteiger partial charge in [-0.1, -0.05) is 91.0 Å². The van der Waals surface area contributed by atoms with E-state index in [-0.39, 0.29) is 5.54 Å². The van der Waals surface area contributed by atoms with Crippen LogP contribution in [0, 0.1) is 5.92 Å². The SMILES string of the molecule is c1ccc(C(c2ccccc2)(c2ccccc2)N2CCC[C@H]3CNC[C@H]32)cc1. The molecule has 2 aliphatic heterocycles. The van der Waals surface area contributed by atoms with Crippen molar-refractivity contribution in [2.75, 3.05) is 19.6 Å². The lowest BCUT2D eigenvalue weighted by Crippen LogP contribution is -2.57. The first kappa shape index (κ1) is 17.7. The zero-order valence-corrected chi connectivity index (χ0v) is 16.3. The molecule has 0 unspecified atom stereocenters. The Hall–Kier alpha value is -2.42. The van der Waals surface area contributed by atoms with E-state index in [4.69, 9.17) is 0 Å². The van der Waals surface area contributed by atoms with Gasteiger partial charge in [0.1, 0.15) is 0 Å². The second-order valence-corrected chi connectivity index (χ2v) is 8.13. The molecule has 2 fully saturated rings. The van der Waals surface area contributed by atoms with Crippen molar-refractivity contribution in [2.24, 2.45) is 5.92 Å². The molecule has 3 aromatic rings. The molecule has 0 aliphatic carbocycles. The molecular formula is C26H28N2. The smallest absolute Gasteiger partial charge is 0.0975 e. The van der Waals surface area contributed by atoms with Gasteiger partial charge in [0, 0.05) is 19.1 Å². The number of likely N-dealkylation sites (tertiary alicyclic amines) is 1. The summed E-state index contributed by atoms with van der Waals surface area (Å²) in [6.45, 7) is 3.36. The lowest BCUT2D eigenvalue weighted by Gasteiger charge is -2.51. The highest BCUT2D eigenvalue weighted by Gasteiger charge is 2.49. The summed E-state index contributed by atoms with van der Waals surface area (Å²) in [4.78, 5) is 2.81. The Morgan fingerprint density at radius 3 is 1.68 bits per heavy atom. The molecule has 0 saturated carbocycles. The Balaban J connectivity index is 1.80. The summed E-state index contributed by atoms with van der Waals surface area (Å²) in [5, 5.41) is 3.68. The first-order valence-electron chi connectivity index (χ1n) is 10.5. The maximum atomic E-state index is 3.68. The number of nitrogens with one attached hydrogen (secondary N) is 1. The van der Waals surface area contributed by atoms with E-state index in [2.05, 4.69) is 101 Å². The van der Waals surface area contributed by atoms with Crippen LogP contribution in [0.4, 0.5) is 0 Å². The van der Waals surface area contributed by atoms with Gasteiger partial charge in [-0.3, -0.25) is 4.90 Å². The largest absolute Gasteiger partial charge is 0.315 e. The minimum absolute atomic E-state index is 0.265. The van der Waals surface area contributed by atoms with Crippen molar-refractivity contribution in [1.82, 2.24) is 10.2 Å². The van der Waals surface area contributed by atoms with Gasteiger partial charge in [-0.25, -0.2) is 0 Å². The molecule has 142 valence electrons. The van der Waals surface area contributed by atoms with Crippen molar-refractivity contribution in [1.29, 1.82) is 0 Å². The van der Waals surface area contributed by atoms with Crippen LogP contribution in [-0.2, 0) is 5.54 Å². The minimum atomic E-state index is -0.265. The van der Waals surface area contributed by atoms with Crippen LogP contribution >= 0.6 is 0 Å². The van der Waals surface area contributed by atoms with Crippen molar-refractivity contribution in [3.05, 3.63) is 108 Å². The highest BCUT2D eigenvalue weighted by molar-refractivity contribution is 5.50. The Morgan fingerprint density at radius 1 is 0.679 bits per heavy atom. The predicted molar refractivity (Wildman–Crippen MR) is 115 cm³/mol. The average Bonchev–Trinajstić information content (AvgIpc) is 3.26. The second kappa shape index (κ2) is 7.54. The summed E-state index contributed by atoms with van der Waals surface area (Å²) in [5.74, 6) is 0.740. The van der Waals surface area contributed by atoms with Gasteiger partial charge in [-0.2, -0.15) is 0 Å². The Kier molecular flexibility index (Phi) is 4.76. The van der Waals surface area contributed by atoms with Crippen molar-refractivity contribution in [2.45, 2.75) is 24.4 Å². The monoisotopic (exact) mass is 368 g/mol. The van der Waals surface area contributed by atoms with Crippen LogP contribution in [0.1, 0.15) is 29.5 Å². The van der Waals surface area contributed by atoms with Crippen LogP contribution in [-0.4, -0.2) is 30.6 Å². The highest BCUT2D eigenvalue weighted by Crippen LogP contribution is 2.46. The molecule has 2 aliphatic rings. The van der Waals surface area contributed by atoms with Gasteiger partial charge in [-0.05, 0) is 42.0 Å². The fourth-order valence-corrected chi connectivity index (χ4v) is 5.52. The van der Waals surface area contributed by atoms with Crippen molar-refractivity contribution < 1.29 is 0 Å². The van der Waals surface area contributed by atoms with E-state index in [1.54, 1.807) is 0 Å². The van der Waals surface area contributed by atoms with Gasteiger partial charge < -0.3 is 5.32 Å². The van der Waals surface area contributed by atoms with Gasteiger partial charge in [0.15, 0.2) is 0 Å². The van der Waals surface area contributed by atoms with Crippen molar-refractivity contribution in [3.63, 3.8) is 0 Å². The van der Waals surface area contributed by atoms with Gasteiger partial charge >= 0.3 is 0 Å². The molecule has 28 heavy (non-hydrogen) atoms. The second-order valence-electron chi connectivity index (χ2n) is 8.13.